The number of carbonyl (C=O) groups is 1. The second-order valence-electron chi connectivity index (χ2n) is 5.92. The molecule has 3 rings (SSSR count). The molecule has 0 bridgehead atoms. The normalized spacial score (nSPS) is 15.0. The molecule has 0 unspecified atom stereocenters. The van der Waals surface area contributed by atoms with Crippen LogP contribution in [0.4, 0.5) is 10.1 Å². The van der Waals surface area contributed by atoms with Crippen molar-refractivity contribution in [3.63, 3.8) is 0 Å². The molecule has 1 saturated heterocycles. The van der Waals surface area contributed by atoms with Gasteiger partial charge in [0.2, 0.25) is 0 Å². The van der Waals surface area contributed by atoms with E-state index in [-0.39, 0.29) is 18.3 Å². The molecule has 1 heterocycles. The number of halogens is 2. The first-order chi connectivity index (χ1) is 12.1. The third-order valence-electron chi connectivity index (χ3n) is 4.23. The lowest BCUT2D eigenvalue weighted by molar-refractivity contribution is -0.133. The molecular weight excluding hydrogens is 343 g/mol. The molecule has 1 aliphatic rings. The summed E-state index contributed by atoms with van der Waals surface area (Å²) in [7, 11) is 0. The molecule has 2 aromatic carbocycles. The molecule has 4 nitrogen and oxygen atoms in total. The predicted octanol–water partition coefficient (Wildman–Crippen LogP) is 3.60. The molecule has 0 aliphatic carbocycles. The summed E-state index contributed by atoms with van der Waals surface area (Å²) in [6, 6.07) is 13.6. The monoisotopic (exact) mass is 362 g/mol. The maximum atomic E-state index is 13.1. The Kier molecular flexibility index (Phi) is 5.76. The van der Waals surface area contributed by atoms with Crippen LogP contribution in [0.2, 0.25) is 5.02 Å². The van der Waals surface area contributed by atoms with Gasteiger partial charge in [0.15, 0.2) is 6.61 Å². The Bertz CT molecular complexity index is 724. The lowest BCUT2D eigenvalue weighted by Crippen LogP contribution is -2.38. The van der Waals surface area contributed by atoms with Crippen LogP contribution in [-0.4, -0.2) is 43.6 Å². The lowest BCUT2D eigenvalue weighted by Gasteiger charge is -2.23. The fourth-order valence-electron chi connectivity index (χ4n) is 2.87. The Balaban J connectivity index is 1.54. The molecule has 0 atom stereocenters. The molecular formula is C19H20ClFN2O2. The van der Waals surface area contributed by atoms with Gasteiger partial charge in [-0.15, -0.1) is 0 Å². The zero-order valence-corrected chi connectivity index (χ0v) is 14.6. The van der Waals surface area contributed by atoms with Gasteiger partial charge in [0.25, 0.3) is 5.91 Å². The molecule has 0 spiro atoms. The van der Waals surface area contributed by atoms with Crippen LogP contribution in [0.15, 0.2) is 48.5 Å². The second-order valence-corrected chi connectivity index (χ2v) is 6.32. The predicted molar refractivity (Wildman–Crippen MR) is 96.8 cm³/mol. The molecule has 0 radical (unpaired) electrons. The Hall–Kier alpha value is -2.27. The van der Waals surface area contributed by atoms with Crippen LogP contribution in [0.5, 0.6) is 5.75 Å². The van der Waals surface area contributed by atoms with E-state index in [0.717, 1.165) is 18.7 Å². The largest absolute Gasteiger partial charge is 0.482 e. The van der Waals surface area contributed by atoms with Gasteiger partial charge in [-0.05, 0) is 42.8 Å². The Morgan fingerprint density at radius 2 is 1.80 bits per heavy atom. The van der Waals surface area contributed by atoms with Gasteiger partial charge in [-0.2, -0.15) is 0 Å². The highest BCUT2D eigenvalue weighted by atomic mass is 35.5. The molecule has 2 aromatic rings. The first kappa shape index (κ1) is 17.5. The van der Waals surface area contributed by atoms with E-state index >= 15 is 0 Å². The van der Waals surface area contributed by atoms with Crippen molar-refractivity contribution in [2.75, 3.05) is 37.7 Å². The molecule has 6 heteroatoms. The van der Waals surface area contributed by atoms with Gasteiger partial charge in [0.05, 0.1) is 5.02 Å². The standard InChI is InChI=1S/C19H20ClFN2O2/c20-17-4-1-2-5-18(17)25-14-19(24)23-11-3-10-22(12-13-23)16-8-6-15(21)7-9-16/h1-2,4-9H,3,10-14H2. The van der Waals surface area contributed by atoms with E-state index in [1.54, 1.807) is 29.2 Å². The highest BCUT2D eigenvalue weighted by Gasteiger charge is 2.20. The second kappa shape index (κ2) is 8.21. The summed E-state index contributed by atoms with van der Waals surface area (Å²) in [6.45, 7) is 2.81. The minimum absolute atomic E-state index is 0.0275. The van der Waals surface area contributed by atoms with Crippen molar-refractivity contribution >= 4 is 23.2 Å². The molecule has 1 fully saturated rings. The zero-order valence-electron chi connectivity index (χ0n) is 13.8. The highest BCUT2D eigenvalue weighted by Crippen LogP contribution is 2.23. The van der Waals surface area contributed by atoms with Gasteiger partial charge in [0.1, 0.15) is 11.6 Å². The molecule has 1 aliphatic heterocycles. The van der Waals surface area contributed by atoms with Gasteiger partial charge in [-0.3, -0.25) is 4.79 Å². The number of para-hydroxylation sites is 1. The number of amides is 1. The third-order valence-corrected chi connectivity index (χ3v) is 4.54. The summed E-state index contributed by atoms with van der Waals surface area (Å²) in [4.78, 5) is 16.4. The number of benzene rings is 2. The van der Waals surface area contributed by atoms with Crippen molar-refractivity contribution in [3.05, 3.63) is 59.4 Å². The van der Waals surface area contributed by atoms with Gasteiger partial charge >= 0.3 is 0 Å². The summed E-state index contributed by atoms with van der Waals surface area (Å²) in [6.07, 6.45) is 0.856. The van der Waals surface area contributed by atoms with Crippen molar-refractivity contribution in [3.8, 4) is 5.75 Å². The number of anilines is 1. The maximum Gasteiger partial charge on any atom is 0.260 e. The summed E-state index contributed by atoms with van der Waals surface area (Å²) in [5.41, 5.74) is 0.975. The molecule has 1 amide bonds. The average Bonchev–Trinajstić information content (AvgIpc) is 2.88. The van der Waals surface area contributed by atoms with Crippen LogP contribution >= 0.6 is 11.6 Å². The van der Waals surface area contributed by atoms with E-state index in [4.69, 9.17) is 16.3 Å². The van der Waals surface area contributed by atoms with Crippen LogP contribution in [0.3, 0.4) is 0 Å². The van der Waals surface area contributed by atoms with Gasteiger partial charge in [-0.25, -0.2) is 4.39 Å². The number of hydrogen-bond acceptors (Lipinski definition) is 3. The molecule has 0 N–H and O–H groups in total. The highest BCUT2D eigenvalue weighted by molar-refractivity contribution is 6.32. The summed E-state index contributed by atoms with van der Waals surface area (Å²) in [5, 5.41) is 0.494. The molecule has 0 aromatic heterocycles. The maximum absolute atomic E-state index is 13.1. The van der Waals surface area contributed by atoms with Crippen LogP contribution < -0.4 is 9.64 Å². The minimum atomic E-state index is -0.243. The lowest BCUT2D eigenvalue weighted by atomic mass is 10.2. The molecule has 132 valence electrons. The first-order valence-electron chi connectivity index (χ1n) is 8.29. The number of hydrogen-bond donors (Lipinski definition) is 0. The smallest absolute Gasteiger partial charge is 0.260 e. The van der Waals surface area contributed by atoms with Crippen molar-refractivity contribution < 1.29 is 13.9 Å². The number of rotatable bonds is 4. The van der Waals surface area contributed by atoms with E-state index in [1.165, 1.54) is 12.1 Å². The Labute approximate surface area is 151 Å². The van der Waals surface area contributed by atoms with Crippen LogP contribution in [0.1, 0.15) is 6.42 Å². The Morgan fingerprint density at radius 3 is 2.56 bits per heavy atom. The van der Waals surface area contributed by atoms with Crippen LogP contribution in [0, 0.1) is 5.82 Å². The summed E-state index contributed by atoms with van der Waals surface area (Å²) >= 11 is 6.03. The van der Waals surface area contributed by atoms with Crippen molar-refractivity contribution in [2.45, 2.75) is 6.42 Å². The fraction of sp³-hybridized carbons (Fsp3) is 0.316. The number of carbonyl (C=O) groups excluding carboxylic acids is 1. The van der Waals surface area contributed by atoms with Crippen LogP contribution in [-0.2, 0) is 4.79 Å². The Morgan fingerprint density at radius 1 is 1.04 bits per heavy atom. The van der Waals surface area contributed by atoms with Crippen molar-refractivity contribution in [1.82, 2.24) is 4.90 Å². The summed E-state index contributed by atoms with van der Waals surface area (Å²) < 4.78 is 18.6. The molecule has 0 saturated carbocycles. The van der Waals surface area contributed by atoms with E-state index in [9.17, 15) is 9.18 Å². The number of nitrogens with zero attached hydrogens (tertiary/aromatic N) is 2. The zero-order chi connectivity index (χ0) is 17.6. The van der Waals surface area contributed by atoms with E-state index in [2.05, 4.69) is 4.90 Å². The quantitative estimate of drug-likeness (QED) is 0.833. The fourth-order valence-corrected chi connectivity index (χ4v) is 3.06. The van der Waals surface area contributed by atoms with Gasteiger partial charge in [0, 0.05) is 31.9 Å². The van der Waals surface area contributed by atoms with E-state index in [0.29, 0.717) is 30.4 Å². The average molecular weight is 363 g/mol. The summed E-state index contributed by atoms with van der Waals surface area (Å²) in [5.74, 6) is 0.216. The van der Waals surface area contributed by atoms with Crippen molar-refractivity contribution in [1.29, 1.82) is 0 Å². The van der Waals surface area contributed by atoms with Crippen molar-refractivity contribution in [2.24, 2.45) is 0 Å². The topological polar surface area (TPSA) is 32.8 Å². The minimum Gasteiger partial charge on any atom is -0.482 e. The first-order valence-corrected chi connectivity index (χ1v) is 8.67. The van der Waals surface area contributed by atoms with Crippen LogP contribution in [0.25, 0.3) is 0 Å². The molecule has 25 heavy (non-hydrogen) atoms. The van der Waals surface area contributed by atoms with Gasteiger partial charge in [-0.1, -0.05) is 23.7 Å². The SMILES string of the molecule is O=C(COc1ccccc1Cl)N1CCCN(c2ccc(F)cc2)CC1. The van der Waals surface area contributed by atoms with E-state index < -0.39 is 0 Å². The number of ether oxygens (including phenoxy) is 1. The third kappa shape index (κ3) is 4.63. The van der Waals surface area contributed by atoms with E-state index in [1.807, 2.05) is 12.1 Å². The van der Waals surface area contributed by atoms with Gasteiger partial charge < -0.3 is 14.5 Å².